The third kappa shape index (κ3) is 1.81. The van der Waals surface area contributed by atoms with Crippen molar-refractivity contribution < 1.29 is 0 Å². The van der Waals surface area contributed by atoms with Gasteiger partial charge in [-0.25, -0.2) is 0 Å². The molecule has 1 heteroatoms. The van der Waals surface area contributed by atoms with Crippen LogP contribution in [0.15, 0.2) is 72.8 Å². The van der Waals surface area contributed by atoms with E-state index in [-0.39, 0.29) is 5.41 Å². The lowest BCUT2D eigenvalue weighted by Gasteiger charge is -2.44. The number of benzene rings is 5. The first kappa shape index (κ1) is 16.3. The van der Waals surface area contributed by atoms with Crippen LogP contribution < -0.4 is 10.4 Å². The van der Waals surface area contributed by atoms with Gasteiger partial charge >= 0.3 is 0 Å². The van der Waals surface area contributed by atoms with Gasteiger partial charge in [-0.3, -0.25) is 0 Å². The van der Waals surface area contributed by atoms with Gasteiger partial charge in [-0.05, 0) is 48.6 Å². The van der Waals surface area contributed by atoms with Crippen LogP contribution in [0.4, 0.5) is 0 Å². The molecule has 1 aliphatic heterocycles. The summed E-state index contributed by atoms with van der Waals surface area (Å²) in [5.74, 6) is 0. The van der Waals surface area contributed by atoms with Gasteiger partial charge in [-0.1, -0.05) is 105 Å². The lowest BCUT2D eigenvalue weighted by Crippen LogP contribution is -2.62. The van der Waals surface area contributed by atoms with E-state index in [0.29, 0.717) is 0 Å². The first-order valence-corrected chi connectivity index (χ1v) is 13.2. The summed E-state index contributed by atoms with van der Waals surface area (Å²) in [4.78, 5) is 0. The summed E-state index contributed by atoms with van der Waals surface area (Å²) in [6, 6.07) is 27.7. The highest BCUT2D eigenvalue weighted by Gasteiger charge is 2.43. The summed E-state index contributed by atoms with van der Waals surface area (Å²) in [5.41, 5.74) is 3.08. The predicted molar refractivity (Wildman–Crippen MR) is 125 cm³/mol. The summed E-state index contributed by atoms with van der Waals surface area (Å²) >= 11 is 0. The first-order chi connectivity index (χ1) is 13.4. The van der Waals surface area contributed by atoms with Crippen molar-refractivity contribution in [3.63, 3.8) is 0 Å². The van der Waals surface area contributed by atoms with Crippen LogP contribution in [0.2, 0.25) is 13.1 Å². The molecule has 0 atom stereocenters. The molecule has 1 heterocycles. The van der Waals surface area contributed by atoms with E-state index in [2.05, 4.69) is 99.7 Å². The monoisotopic (exact) mass is 376 g/mol. The molecule has 0 unspecified atom stereocenters. The Morgan fingerprint density at radius 1 is 0.643 bits per heavy atom. The summed E-state index contributed by atoms with van der Waals surface area (Å²) < 4.78 is 0. The van der Waals surface area contributed by atoms with Crippen molar-refractivity contribution in [1.82, 2.24) is 0 Å². The van der Waals surface area contributed by atoms with E-state index in [1.165, 1.54) is 43.4 Å². The fourth-order valence-electron chi connectivity index (χ4n) is 5.83. The average molecular weight is 377 g/mol. The minimum Gasteiger partial charge on any atom is -0.0623 e. The van der Waals surface area contributed by atoms with Gasteiger partial charge in [-0.2, -0.15) is 0 Å². The highest BCUT2D eigenvalue weighted by Crippen LogP contribution is 2.42. The zero-order chi connectivity index (χ0) is 19.3. The van der Waals surface area contributed by atoms with Crippen LogP contribution in [0.1, 0.15) is 25.0 Å². The maximum Gasteiger partial charge on any atom is 0.113 e. The second-order valence-corrected chi connectivity index (χ2v) is 13.7. The third-order valence-corrected chi connectivity index (χ3v) is 10.8. The second-order valence-electron chi connectivity index (χ2n) is 9.45. The maximum atomic E-state index is 2.54. The Bertz CT molecular complexity index is 1390. The largest absolute Gasteiger partial charge is 0.113 e. The Labute approximate surface area is 167 Å². The molecule has 0 radical (unpaired) electrons. The molecule has 0 spiro atoms. The molecular weight excluding hydrogens is 352 g/mol. The Morgan fingerprint density at radius 3 is 2.11 bits per heavy atom. The van der Waals surface area contributed by atoms with Crippen LogP contribution in [0, 0.1) is 0 Å². The molecule has 0 fully saturated rings. The van der Waals surface area contributed by atoms with Gasteiger partial charge in [0.2, 0.25) is 0 Å². The highest BCUT2D eigenvalue weighted by atomic mass is 28.3. The Kier molecular flexibility index (Phi) is 2.94. The van der Waals surface area contributed by atoms with Crippen LogP contribution in [0.25, 0.3) is 32.3 Å². The Balaban J connectivity index is 1.88. The van der Waals surface area contributed by atoms with Crippen molar-refractivity contribution in [3.05, 3.63) is 83.9 Å². The van der Waals surface area contributed by atoms with E-state index in [0.717, 1.165) is 0 Å². The lowest BCUT2D eigenvalue weighted by atomic mass is 9.76. The van der Waals surface area contributed by atoms with Gasteiger partial charge in [0.05, 0.1) is 0 Å². The molecule has 0 N–H and O–H groups in total. The SMILES string of the molecule is CC1(C)c2ccccc2[Si](C)(C)c2c1cc1ccc3cccc4ccc2c1c34. The molecule has 0 aromatic heterocycles. The van der Waals surface area contributed by atoms with E-state index in [4.69, 9.17) is 0 Å². The molecule has 0 saturated heterocycles. The van der Waals surface area contributed by atoms with Gasteiger partial charge in [-0.15, -0.1) is 0 Å². The average Bonchev–Trinajstić information content (AvgIpc) is 2.70. The fourth-order valence-corrected chi connectivity index (χ4v) is 9.62. The standard InChI is InChI=1S/C27H24Si/c1-27(2)21-10-5-6-11-23(21)28(3,4)26-20-15-14-18-9-7-8-17-12-13-19(16-22(26)27)25(20)24(17)18/h5-16H,1-4H3. The molecule has 0 aliphatic carbocycles. The van der Waals surface area contributed by atoms with Gasteiger partial charge in [0.25, 0.3) is 0 Å². The number of hydrogen-bond acceptors (Lipinski definition) is 0. The van der Waals surface area contributed by atoms with Crippen molar-refractivity contribution >= 4 is 50.8 Å². The number of rotatable bonds is 0. The molecule has 0 amide bonds. The first-order valence-electron chi connectivity index (χ1n) is 10.2. The normalized spacial score (nSPS) is 17.1. The Morgan fingerprint density at radius 2 is 1.32 bits per heavy atom. The van der Waals surface area contributed by atoms with Gasteiger partial charge in [0, 0.05) is 5.41 Å². The summed E-state index contributed by atoms with van der Waals surface area (Å²) in [5, 5.41) is 11.7. The molecule has 5 aromatic rings. The van der Waals surface area contributed by atoms with E-state index < -0.39 is 8.07 Å². The van der Waals surface area contributed by atoms with Crippen molar-refractivity contribution in [2.24, 2.45) is 0 Å². The van der Waals surface area contributed by atoms with Gasteiger partial charge < -0.3 is 0 Å². The molecule has 6 rings (SSSR count). The topological polar surface area (TPSA) is 0 Å². The minimum atomic E-state index is -1.81. The summed E-state index contributed by atoms with van der Waals surface area (Å²) in [7, 11) is -1.81. The summed E-state index contributed by atoms with van der Waals surface area (Å²) in [6.07, 6.45) is 0. The van der Waals surface area contributed by atoms with E-state index in [9.17, 15) is 0 Å². The van der Waals surface area contributed by atoms with E-state index >= 15 is 0 Å². The quantitative estimate of drug-likeness (QED) is 0.228. The molecular formula is C27H24Si. The predicted octanol–water partition coefficient (Wildman–Crippen LogP) is 6.05. The Hall–Kier alpha value is -2.64. The molecule has 136 valence electrons. The smallest absolute Gasteiger partial charge is 0.0623 e. The van der Waals surface area contributed by atoms with Crippen LogP contribution in [-0.4, -0.2) is 8.07 Å². The molecule has 28 heavy (non-hydrogen) atoms. The van der Waals surface area contributed by atoms with E-state index in [1.54, 1.807) is 10.4 Å². The number of fused-ring (bicyclic) bond motifs is 3. The zero-order valence-electron chi connectivity index (χ0n) is 16.9. The number of hydrogen-bond donors (Lipinski definition) is 0. The van der Waals surface area contributed by atoms with Crippen molar-refractivity contribution in [3.8, 4) is 0 Å². The van der Waals surface area contributed by atoms with Crippen LogP contribution >= 0.6 is 0 Å². The van der Waals surface area contributed by atoms with Crippen molar-refractivity contribution in [2.75, 3.05) is 0 Å². The summed E-state index contributed by atoms with van der Waals surface area (Å²) in [6.45, 7) is 9.89. The van der Waals surface area contributed by atoms with Crippen LogP contribution in [0.5, 0.6) is 0 Å². The van der Waals surface area contributed by atoms with Crippen LogP contribution in [-0.2, 0) is 5.41 Å². The van der Waals surface area contributed by atoms with E-state index in [1.807, 2.05) is 0 Å². The zero-order valence-corrected chi connectivity index (χ0v) is 17.9. The lowest BCUT2D eigenvalue weighted by molar-refractivity contribution is 0.646. The van der Waals surface area contributed by atoms with Gasteiger partial charge in [0.15, 0.2) is 0 Å². The molecule has 5 aromatic carbocycles. The molecule has 1 aliphatic rings. The highest BCUT2D eigenvalue weighted by molar-refractivity contribution is 7.02. The van der Waals surface area contributed by atoms with Gasteiger partial charge in [0.1, 0.15) is 8.07 Å². The van der Waals surface area contributed by atoms with Crippen molar-refractivity contribution in [2.45, 2.75) is 32.4 Å². The minimum absolute atomic E-state index is 0.0267. The molecule has 0 bridgehead atoms. The molecule has 0 nitrogen and oxygen atoms in total. The van der Waals surface area contributed by atoms with Crippen LogP contribution in [0.3, 0.4) is 0 Å². The third-order valence-electron chi connectivity index (χ3n) is 7.22. The fraction of sp³-hybridized carbons (Fsp3) is 0.185. The second kappa shape index (κ2) is 5.04. The van der Waals surface area contributed by atoms with Crippen molar-refractivity contribution in [1.29, 1.82) is 0 Å². The molecule has 0 saturated carbocycles. The maximum absolute atomic E-state index is 2.54.